The largest absolute Gasteiger partial charge is 0.508 e. The second kappa shape index (κ2) is 13.5. The third kappa shape index (κ3) is 8.88. The number of esters is 1. The van der Waals surface area contributed by atoms with Gasteiger partial charge in [-0.2, -0.15) is 0 Å². The van der Waals surface area contributed by atoms with E-state index in [4.69, 9.17) is 9.47 Å². The van der Waals surface area contributed by atoms with Gasteiger partial charge in [-0.05, 0) is 47.9 Å². The molecule has 2 amide bonds. The smallest absolute Gasteiger partial charge is 0.408 e. The van der Waals surface area contributed by atoms with Gasteiger partial charge in [0.2, 0.25) is 5.91 Å². The van der Waals surface area contributed by atoms with Crippen LogP contribution in [-0.4, -0.2) is 46.9 Å². The minimum atomic E-state index is -1.08. The number of phenols is 2. The molecule has 0 aromatic heterocycles. The van der Waals surface area contributed by atoms with E-state index in [-0.39, 0.29) is 37.6 Å². The van der Waals surface area contributed by atoms with Crippen molar-refractivity contribution in [3.05, 3.63) is 95.6 Å². The molecule has 0 heterocycles. The Balaban J connectivity index is 1.74. The Kier molecular flexibility index (Phi) is 9.90. The fourth-order valence-corrected chi connectivity index (χ4v) is 3.56. The molecule has 3 aromatic carbocycles. The summed E-state index contributed by atoms with van der Waals surface area (Å²) in [5, 5.41) is 24.4. The second-order valence-electron chi connectivity index (χ2n) is 8.31. The van der Waals surface area contributed by atoms with Gasteiger partial charge in [0, 0.05) is 12.8 Å². The minimum Gasteiger partial charge on any atom is -0.508 e. The van der Waals surface area contributed by atoms with Gasteiger partial charge in [-0.3, -0.25) is 4.79 Å². The Morgan fingerprint density at radius 3 is 1.78 bits per heavy atom. The average Bonchev–Trinajstić information content (AvgIpc) is 2.90. The van der Waals surface area contributed by atoms with Crippen LogP contribution in [0.15, 0.2) is 78.9 Å². The fraction of sp³-hybridized carbons (Fsp3) is 0.250. The quantitative estimate of drug-likeness (QED) is 0.293. The van der Waals surface area contributed by atoms with Crippen LogP contribution in [0.5, 0.6) is 11.5 Å². The number of carbonyl (C=O) groups excluding carboxylic acids is 3. The van der Waals surface area contributed by atoms with Gasteiger partial charge in [-0.15, -0.1) is 0 Å². The first-order valence-corrected chi connectivity index (χ1v) is 11.8. The first-order valence-electron chi connectivity index (χ1n) is 11.8. The molecule has 0 aliphatic heterocycles. The summed E-state index contributed by atoms with van der Waals surface area (Å²) in [6, 6.07) is 19.5. The molecule has 9 nitrogen and oxygen atoms in total. The highest BCUT2D eigenvalue weighted by molar-refractivity contribution is 5.90. The van der Waals surface area contributed by atoms with Crippen LogP contribution in [-0.2, 0) is 38.5 Å². The van der Waals surface area contributed by atoms with Gasteiger partial charge in [0.15, 0.2) is 0 Å². The highest BCUT2D eigenvalue weighted by Gasteiger charge is 2.28. The molecule has 0 saturated heterocycles. The molecule has 0 aliphatic carbocycles. The van der Waals surface area contributed by atoms with Crippen LogP contribution in [0.1, 0.15) is 23.6 Å². The molecule has 3 rings (SSSR count). The van der Waals surface area contributed by atoms with Gasteiger partial charge >= 0.3 is 12.1 Å². The number of benzene rings is 3. The number of nitrogens with one attached hydrogen (secondary N) is 2. The Morgan fingerprint density at radius 1 is 0.703 bits per heavy atom. The molecule has 0 radical (unpaired) electrons. The van der Waals surface area contributed by atoms with E-state index in [1.165, 1.54) is 24.3 Å². The summed E-state index contributed by atoms with van der Waals surface area (Å²) < 4.78 is 10.4. The highest BCUT2D eigenvalue weighted by Crippen LogP contribution is 2.14. The van der Waals surface area contributed by atoms with E-state index < -0.39 is 30.1 Å². The van der Waals surface area contributed by atoms with Crippen molar-refractivity contribution in [3.8, 4) is 11.5 Å². The number of ether oxygens (including phenoxy) is 2. The van der Waals surface area contributed by atoms with Crippen molar-refractivity contribution in [2.24, 2.45) is 0 Å². The van der Waals surface area contributed by atoms with Crippen LogP contribution in [0, 0.1) is 0 Å². The second-order valence-corrected chi connectivity index (χ2v) is 8.31. The minimum absolute atomic E-state index is 0.0204. The summed E-state index contributed by atoms with van der Waals surface area (Å²) in [7, 11) is 0. The van der Waals surface area contributed by atoms with Gasteiger partial charge in [-0.1, -0.05) is 54.6 Å². The Bertz CT molecular complexity index is 1170. The van der Waals surface area contributed by atoms with Crippen LogP contribution < -0.4 is 10.6 Å². The lowest BCUT2D eigenvalue weighted by Crippen LogP contribution is -2.53. The summed E-state index contributed by atoms with van der Waals surface area (Å²) in [4.78, 5) is 38.5. The number of carbonyl (C=O) groups is 3. The predicted molar refractivity (Wildman–Crippen MR) is 136 cm³/mol. The first-order chi connectivity index (χ1) is 17.8. The number of hydrogen-bond donors (Lipinski definition) is 4. The van der Waals surface area contributed by atoms with Crippen molar-refractivity contribution in [3.63, 3.8) is 0 Å². The zero-order valence-electron chi connectivity index (χ0n) is 20.4. The van der Waals surface area contributed by atoms with Gasteiger partial charge < -0.3 is 30.3 Å². The summed E-state index contributed by atoms with van der Waals surface area (Å²) in [6.07, 6.45) is -0.592. The summed E-state index contributed by atoms with van der Waals surface area (Å²) >= 11 is 0. The van der Waals surface area contributed by atoms with Crippen molar-refractivity contribution in [2.75, 3.05) is 6.61 Å². The van der Waals surface area contributed by atoms with E-state index in [2.05, 4.69) is 10.6 Å². The van der Waals surface area contributed by atoms with Crippen molar-refractivity contribution >= 4 is 18.0 Å². The fourth-order valence-electron chi connectivity index (χ4n) is 3.56. The molecule has 0 fully saturated rings. The molecular formula is C28H30N2O7. The van der Waals surface area contributed by atoms with Crippen molar-refractivity contribution < 1.29 is 34.1 Å². The Labute approximate surface area is 215 Å². The molecular weight excluding hydrogens is 476 g/mol. The maximum Gasteiger partial charge on any atom is 0.408 e. The maximum absolute atomic E-state index is 13.3. The zero-order chi connectivity index (χ0) is 26.6. The maximum atomic E-state index is 13.3. The number of phenolic OH excluding ortho intramolecular Hbond substituents is 2. The summed E-state index contributed by atoms with van der Waals surface area (Å²) in [5.41, 5.74) is 2.16. The molecule has 0 bridgehead atoms. The van der Waals surface area contributed by atoms with Crippen LogP contribution >= 0.6 is 0 Å². The number of amides is 2. The van der Waals surface area contributed by atoms with E-state index in [1.807, 2.05) is 18.2 Å². The third-order valence-corrected chi connectivity index (χ3v) is 5.46. The molecule has 2 atom stereocenters. The van der Waals surface area contributed by atoms with Crippen LogP contribution in [0.4, 0.5) is 4.79 Å². The number of rotatable bonds is 11. The van der Waals surface area contributed by atoms with Crippen LogP contribution in [0.25, 0.3) is 0 Å². The van der Waals surface area contributed by atoms with E-state index in [9.17, 15) is 24.6 Å². The van der Waals surface area contributed by atoms with Gasteiger partial charge in [0.25, 0.3) is 0 Å². The normalized spacial score (nSPS) is 12.1. The average molecular weight is 507 g/mol. The summed E-state index contributed by atoms with van der Waals surface area (Å²) in [5.74, 6) is -1.09. The van der Waals surface area contributed by atoms with Crippen LogP contribution in [0.3, 0.4) is 0 Å². The van der Waals surface area contributed by atoms with E-state index >= 15 is 0 Å². The van der Waals surface area contributed by atoms with Crippen LogP contribution in [0.2, 0.25) is 0 Å². The lowest BCUT2D eigenvalue weighted by atomic mass is 10.0. The van der Waals surface area contributed by atoms with Crippen molar-refractivity contribution in [1.29, 1.82) is 0 Å². The standard InChI is InChI=1S/C28H30N2O7/c1-2-36-27(34)25(17-20-10-14-23(32)15-11-20)29-26(33)24(16-19-8-12-22(31)13-9-19)30-28(35)37-18-21-6-4-3-5-7-21/h3-15,24-25,31-32H,2,16-18H2,1H3,(H,29,33)(H,30,35)/t24-,25-/m1/s1. The number of hydrogen-bond acceptors (Lipinski definition) is 7. The monoisotopic (exact) mass is 506 g/mol. The topological polar surface area (TPSA) is 134 Å². The SMILES string of the molecule is CCOC(=O)[C@@H](Cc1ccc(O)cc1)NC(=O)[C@@H](Cc1ccc(O)cc1)NC(=O)OCc1ccccc1. The number of aromatic hydroxyl groups is 2. The highest BCUT2D eigenvalue weighted by atomic mass is 16.5. The lowest BCUT2D eigenvalue weighted by molar-refractivity contribution is -0.147. The van der Waals surface area contributed by atoms with Gasteiger partial charge in [-0.25, -0.2) is 9.59 Å². The first kappa shape index (κ1) is 27.1. The molecule has 0 spiro atoms. The molecule has 194 valence electrons. The molecule has 0 unspecified atom stereocenters. The van der Waals surface area contributed by atoms with Crippen molar-refractivity contribution in [1.82, 2.24) is 10.6 Å². The molecule has 4 N–H and O–H groups in total. The lowest BCUT2D eigenvalue weighted by Gasteiger charge is -2.23. The Hall–Kier alpha value is -4.53. The molecule has 9 heteroatoms. The van der Waals surface area contributed by atoms with Gasteiger partial charge in [0.05, 0.1) is 6.61 Å². The Morgan fingerprint density at radius 2 is 1.24 bits per heavy atom. The van der Waals surface area contributed by atoms with Crippen molar-refractivity contribution in [2.45, 2.75) is 38.5 Å². The number of alkyl carbamates (subject to hydrolysis) is 1. The predicted octanol–water partition coefficient (Wildman–Crippen LogP) is 3.23. The zero-order valence-corrected chi connectivity index (χ0v) is 20.4. The molecule has 37 heavy (non-hydrogen) atoms. The molecule has 3 aromatic rings. The van der Waals surface area contributed by atoms with Gasteiger partial charge in [0.1, 0.15) is 30.2 Å². The summed E-state index contributed by atoms with van der Waals surface area (Å²) in [6.45, 7) is 1.81. The van der Waals surface area contributed by atoms with E-state index in [0.29, 0.717) is 11.1 Å². The van der Waals surface area contributed by atoms with E-state index in [1.54, 1.807) is 43.3 Å². The molecule has 0 saturated carbocycles. The van der Waals surface area contributed by atoms with E-state index in [0.717, 1.165) is 5.56 Å². The third-order valence-electron chi connectivity index (χ3n) is 5.46. The molecule has 0 aliphatic rings.